The van der Waals surface area contributed by atoms with Gasteiger partial charge in [0.2, 0.25) is 5.91 Å². The van der Waals surface area contributed by atoms with Crippen LogP contribution in [0, 0.1) is 0 Å². The van der Waals surface area contributed by atoms with Crippen LogP contribution in [0.5, 0.6) is 11.5 Å². The average Bonchev–Trinajstić information content (AvgIpc) is 2.46. The average molecular weight is 296 g/mol. The number of benzene rings is 1. The van der Waals surface area contributed by atoms with Crippen molar-refractivity contribution in [1.29, 1.82) is 0 Å². The molecule has 1 rings (SSSR count). The molecule has 2 N–H and O–H groups in total. The van der Waals surface area contributed by atoms with Gasteiger partial charge in [-0.15, -0.1) is 0 Å². The number of aromatic hydroxyl groups is 1. The van der Waals surface area contributed by atoms with Crippen molar-refractivity contribution in [2.45, 2.75) is 0 Å². The standard InChI is InChI=1S/C14H20N2O5/c1-16(9-13(18)15-6-7-20-2)14(19)10-4-5-12(21-3)11(17)8-10/h4-5,8,17H,6-7,9H2,1-3H3,(H,15,18). The summed E-state index contributed by atoms with van der Waals surface area (Å²) in [7, 11) is 4.48. The van der Waals surface area contributed by atoms with E-state index < -0.39 is 0 Å². The second kappa shape index (κ2) is 8.11. The zero-order valence-corrected chi connectivity index (χ0v) is 12.4. The van der Waals surface area contributed by atoms with Gasteiger partial charge in [-0.05, 0) is 18.2 Å². The molecule has 7 heteroatoms. The Morgan fingerprint density at radius 2 is 2.05 bits per heavy atom. The van der Waals surface area contributed by atoms with Gasteiger partial charge in [-0.3, -0.25) is 9.59 Å². The highest BCUT2D eigenvalue weighted by molar-refractivity contribution is 5.96. The van der Waals surface area contributed by atoms with E-state index in [0.717, 1.165) is 0 Å². The number of carbonyl (C=O) groups excluding carboxylic acids is 2. The summed E-state index contributed by atoms with van der Waals surface area (Å²) in [6, 6.07) is 4.33. The summed E-state index contributed by atoms with van der Waals surface area (Å²) in [5, 5.41) is 12.3. The molecular weight excluding hydrogens is 276 g/mol. The van der Waals surface area contributed by atoms with Crippen LogP contribution in [0.3, 0.4) is 0 Å². The molecule has 1 aromatic rings. The Kier molecular flexibility index (Phi) is 6.48. The molecule has 0 heterocycles. The number of hydrogen-bond acceptors (Lipinski definition) is 5. The van der Waals surface area contributed by atoms with E-state index in [-0.39, 0.29) is 35.4 Å². The smallest absolute Gasteiger partial charge is 0.254 e. The maximum Gasteiger partial charge on any atom is 0.254 e. The lowest BCUT2D eigenvalue weighted by molar-refractivity contribution is -0.121. The molecule has 0 bridgehead atoms. The van der Waals surface area contributed by atoms with Gasteiger partial charge in [0.25, 0.3) is 5.91 Å². The quantitative estimate of drug-likeness (QED) is 0.704. The van der Waals surface area contributed by atoms with Gasteiger partial charge in [0, 0.05) is 26.3 Å². The van der Waals surface area contributed by atoms with Gasteiger partial charge in [0.1, 0.15) is 0 Å². The number of amides is 2. The lowest BCUT2D eigenvalue weighted by Gasteiger charge is -2.17. The number of hydrogen-bond donors (Lipinski definition) is 2. The number of methoxy groups -OCH3 is 2. The molecule has 0 spiro atoms. The molecule has 0 unspecified atom stereocenters. The van der Waals surface area contributed by atoms with Crippen LogP contribution in [0.1, 0.15) is 10.4 Å². The highest BCUT2D eigenvalue weighted by Crippen LogP contribution is 2.26. The Balaban J connectivity index is 2.61. The molecule has 21 heavy (non-hydrogen) atoms. The minimum Gasteiger partial charge on any atom is -0.504 e. The Morgan fingerprint density at radius 3 is 2.62 bits per heavy atom. The third kappa shape index (κ3) is 4.96. The van der Waals surface area contributed by atoms with E-state index in [1.54, 1.807) is 0 Å². The van der Waals surface area contributed by atoms with Crippen LogP contribution in [-0.2, 0) is 9.53 Å². The second-order valence-electron chi connectivity index (χ2n) is 4.39. The molecule has 0 saturated carbocycles. The van der Waals surface area contributed by atoms with Crippen molar-refractivity contribution < 1.29 is 24.2 Å². The highest BCUT2D eigenvalue weighted by atomic mass is 16.5. The molecule has 0 saturated heterocycles. The molecule has 0 fully saturated rings. The van der Waals surface area contributed by atoms with E-state index in [1.165, 1.54) is 44.4 Å². The number of likely N-dealkylation sites (N-methyl/N-ethyl adjacent to an activating group) is 1. The number of ether oxygens (including phenoxy) is 2. The van der Waals surface area contributed by atoms with Gasteiger partial charge in [-0.25, -0.2) is 0 Å². The third-order valence-corrected chi connectivity index (χ3v) is 2.78. The van der Waals surface area contributed by atoms with Crippen molar-refractivity contribution in [1.82, 2.24) is 10.2 Å². The zero-order chi connectivity index (χ0) is 15.8. The Morgan fingerprint density at radius 1 is 1.33 bits per heavy atom. The minimum atomic E-state index is -0.366. The summed E-state index contributed by atoms with van der Waals surface area (Å²) >= 11 is 0. The monoisotopic (exact) mass is 296 g/mol. The number of phenols is 1. The van der Waals surface area contributed by atoms with Crippen molar-refractivity contribution in [2.24, 2.45) is 0 Å². The van der Waals surface area contributed by atoms with E-state index >= 15 is 0 Å². The molecule has 0 radical (unpaired) electrons. The first-order chi connectivity index (χ1) is 9.99. The van der Waals surface area contributed by atoms with Gasteiger partial charge >= 0.3 is 0 Å². The number of carbonyl (C=O) groups is 2. The lowest BCUT2D eigenvalue weighted by Crippen LogP contribution is -2.39. The SMILES string of the molecule is COCCNC(=O)CN(C)C(=O)c1ccc(OC)c(O)c1. The number of nitrogens with zero attached hydrogens (tertiary/aromatic N) is 1. The fraction of sp³-hybridized carbons (Fsp3) is 0.429. The molecule has 1 aromatic carbocycles. The largest absolute Gasteiger partial charge is 0.504 e. The van der Waals surface area contributed by atoms with Crippen molar-refractivity contribution >= 4 is 11.8 Å². The van der Waals surface area contributed by atoms with Crippen LogP contribution in [0.15, 0.2) is 18.2 Å². The number of nitrogens with one attached hydrogen (secondary N) is 1. The molecule has 0 aromatic heterocycles. The van der Waals surface area contributed by atoms with Crippen molar-refractivity contribution in [3.05, 3.63) is 23.8 Å². The lowest BCUT2D eigenvalue weighted by atomic mass is 10.2. The van der Waals surface area contributed by atoms with Crippen LogP contribution < -0.4 is 10.1 Å². The van der Waals surface area contributed by atoms with Crippen molar-refractivity contribution in [3.8, 4) is 11.5 Å². The van der Waals surface area contributed by atoms with E-state index in [9.17, 15) is 14.7 Å². The molecule has 0 aliphatic rings. The maximum absolute atomic E-state index is 12.1. The van der Waals surface area contributed by atoms with Crippen molar-refractivity contribution in [3.63, 3.8) is 0 Å². The van der Waals surface area contributed by atoms with Crippen LogP contribution >= 0.6 is 0 Å². The van der Waals surface area contributed by atoms with Crippen molar-refractivity contribution in [2.75, 3.05) is 41.0 Å². The van der Waals surface area contributed by atoms with Gasteiger partial charge in [0.15, 0.2) is 11.5 Å². The number of rotatable bonds is 7. The Hall–Kier alpha value is -2.28. The predicted octanol–water partition coefficient (Wildman–Crippen LogP) is 0.235. The summed E-state index contributed by atoms with van der Waals surface area (Å²) in [6.07, 6.45) is 0. The fourth-order valence-electron chi connectivity index (χ4n) is 1.68. The third-order valence-electron chi connectivity index (χ3n) is 2.78. The normalized spacial score (nSPS) is 10.0. The van der Waals surface area contributed by atoms with Gasteiger partial charge in [-0.1, -0.05) is 0 Å². The van der Waals surface area contributed by atoms with E-state index in [0.29, 0.717) is 13.2 Å². The Labute approximate surface area is 123 Å². The molecule has 7 nitrogen and oxygen atoms in total. The molecule has 0 aliphatic carbocycles. The van der Waals surface area contributed by atoms with E-state index in [2.05, 4.69) is 5.32 Å². The summed E-state index contributed by atoms with van der Waals surface area (Å²) in [5.41, 5.74) is 0.278. The summed E-state index contributed by atoms with van der Waals surface area (Å²) in [5.74, 6) is -0.483. The number of phenolic OH excluding ortho intramolecular Hbond substituents is 1. The minimum absolute atomic E-state index is 0.0741. The molecule has 0 atom stereocenters. The highest BCUT2D eigenvalue weighted by Gasteiger charge is 2.16. The van der Waals surface area contributed by atoms with Gasteiger partial charge in [-0.2, -0.15) is 0 Å². The molecular formula is C14H20N2O5. The van der Waals surface area contributed by atoms with Gasteiger partial charge in [0.05, 0.1) is 20.3 Å². The fourth-order valence-corrected chi connectivity index (χ4v) is 1.68. The Bertz CT molecular complexity index is 504. The van der Waals surface area contributed by atoms with Crippen LogP contribution in [0.25, 0.3) is 0 Å². The van der Waals surface area contributed by atoms with Gasteiger partial charge < -0.3 is 24.8 Å². The molecule has 2 amide bonds. The van der Waals surface area contributed by atoms with Crippen LogP contribution in [0.2, 0.25) is 0 Å². The first-order valence-corrected chi connectivity index (χ1v) is 6.37. The van der Waals surface area contributed by atoms with E-state index in [1.807, 2.05) is 0 Å². The maximum atomic E-state index is 12.1. The summed E-state index contributed by atoms with van der Waals surface area (Å²) in [4.78, 5) is 25.0. The van der Waals surface area contributed by atoms with Crippen LogP contribution in [-0.4, -0.2) is 62.8 Å². The molecule has 0 aliphatic heterocycles. The zero-order valence-electron chi connectivity index (χ0n) is 12.4. The second-order valence-corrected chi connectivity index (χ2v) is 4.39. The first kappa shape index (κ1) is 16.8. The summed E-state index contributed by atoms with van der Waals surface area (Å²) < 4.78 is 9.72. The first-order valence-electron chi connectivity index (χ1n) is 6.37. The topological polar surface area (TPSA) is 88.1 Å². The van der Waals surface area contributed by atoms with Crippen LogP contribution in [0.4, 0.5) is 0 Å². The molecule has 116 valence electrons. The summed E-state index contributed by atoms with van der Waals surface area (Å²) in [6.45, 7) is 0.728. The van der Waals surface area contributed by atoms with E-state index in [4.69, 9.17) is 9.47 Å². The predicted molar refractivity (Wildman–Crippen MR) is 76.5 cm³/mol.